The minimum absolute atomic E-state index is 0.0484. The van der Waals surface area contributed by atoms with Crippen LogP contribution in [0.5, 0.6) is 0 Å². The number of fused-ring (bicyclic) bond motifs is 1. The molecule has 2 aromatic carbocycles. The molecule has 134 valence electrons. The fourth-order valence-corrected chi connectivity index (χ4v) is 3.88. The molecule has 6 heteroatoms. The number of hydrogen-bond acceptors (Lipinski definition) is 3. The van der Waals surface area contributed by atoms with Gasteiger partial charge in [-0.05, 0) is 36.8 Å². The molecule has 2 aromatic rings. The van der Waals surface area contributed by atoms with Crippen molar-refractivity contribution in [1.82, 2.24) is 10.2 Å². The Morgan fingerprint density at radius 2 is 1.85 bits per heavy atom. The van der Waals surface area contributed by atoms with Gasteiger partial charge >= 0.3 is 0 Å². The van der Waals surface area contributed by atoms with Crippen molar-refractivity contribution in [1.29, 1.82) is 0 Å². The number of nitrogens with one attached hydrogen (secondary N) is 2. The Kier molecular flexibility index (Phi) is 4.11. The Bertz CT molecular complexity index is 888. The number of carbonyl (C=O) groups is 2. The second-order valence-electron chi connectivity index (χ2n) is 6.96. The number of benzene rings is 2. The quantitative estimate of drug-likeness (QED) is 0.809. The number of amides is 2. The number of likely N-dealkylation sites (tertiary alicyclic amines) is 1. The summed E-state index contributed by atoms with van der Waals surface area (Å²) in [6.45, 7) is 3.12. The predicted octanol–water partition coefficient (Wildman–Crippen LogP) is 3.44. The Labute approximate surface area is 157 Å². The van der Waals surface area contributed by atoms with E-state index in [0.717, 1.165) is 16.8 Å². The van der Waals surface area contributed by atoms with Gasteiger partial charge in [0.1, 0.15) is 5.66 Å². The Hall–Kier alpha value is -2.53. The van der Waals surface area contributed by atoms with E-state index in [4.69, 9.17) is 11.6 Å². The van der Waals surface area contributed by atoms with E-state index in [1.807, 2.05) is 42.2 Å². The zero-order valence-corrected chi connectivity index (χ0v) is 15.3. The van der Waals surface area contributed by atoms with Crippen LogP contribution < -0.4 is 10.6 Å². The average molecular weight is 370 g/mol. The number of anilines is 1. The molecular formula is C20H20ClN3O2. The summed E-state index contributed by atoms with van der Waals surface area (Å²) in [5.41, 5.74) is 2.55. The molecule has 2 N–H and O–H groups in total. The van der Waals surface area contributed by atoms with E-state index in [1.54, 1.807) is 12.1 Å². The average Bonchev–Trinajstić information content (AvgIpc) is 2.63. The first-order valence-electron chi connectivity index (χ1n) is 8.73. The van der Waals surface area contributed by atoms with E-state index in [-0.39, 0.29) is 11.8 Å². The van der Waals surface area contributed by atoms with Crippen LogP contribution in [0, 0.1) is 6.92 Å². The standard InChI is InChI=1S/C20H20ClN3O2/c1-13-4-2-3-5-15(13)19(26)24-10-8-20(9-11-24)22-17-7-6-14(21)12-16(17)18(25)23-20/h2-7,12,22H,8-11H2,1H3,(H,23,25). The van der Waals surface area contributed by atoms with Crippen LogP contribution in [0.15, 0.2) is 42.5 Å². The van der Waals surface area contributed by atoms with Gasteiger partial charge in [0.15, 0.2) is 0 Å². The third kappa shape index (κ3) is 2.92. The SMILES string of the molecule is Cc1ccccc1C(=O)N1CCC2(CC1)NC(=O)c1cc(Cl)ccc1N2. The van der Waals surface area contributed by atoms with E-state index in [0.29, 0.717) is 36.5 Å². The molecule has 0 bridgehead atoms. The fraction of sp³-hybridized carbons (Fsp3) is 0.300. The van der Waals surface area contributed by atoms with E-state index in [1.165, 1.54) is 0 Å². The van der Waals surface area contributed by atoms with Crippen molar-refractivity contribution >= 4 is 29.1 Å². The number of piperidine rings is 1. The first-order chi connectivity index (χ1) is 12.5. The number of rotatable bonds is 1. The number of nitrogens with zero attached hydrogens (tertiary/aromatic N) is 1. The summed E-state index contributed by atoms with van der Waals surface area (Å²) >= 11 is 5.99. The van der Waals surface area contributed by atoms with Crippen LogP contribution in [-0.2, 0) is 0 Å². The third-order valence-electron chi connectivity index (χ3n) is 5.23. The van der Waals surface area contributed by atoms with E-state index >= 15 is 0 Å². The zero-order chi connectivity index (χ0) is 18.3. The minimum atomic E-state index is -0.513. The number of carbonyl (C=O) groups excluding carboxylic acids is 2. The predicted molar refractivity (Wildman–Crippen MR) is 102 cm³/mol. The summed E-state index contributed by atoms with van der Waals surface area (Å²) in [6.07, 6.45) is 1.30. The molecule has 0 atom stereocenters. The third-order valence-corrected chi connectivity index (χ3v) is 5.47. The van der Waals surface area contributed by atoms with Crippen molar-refractivity contribution in [2.45, 2.75) is 25.4 Å². The Morgan fingerprint density at radius 1 is 1.12 bits per heavy atom. The van der Waals surface area contributed by atoms with Crippen LogP contribution in [0.1, 0.15) is 39.1 Å². The number of hydrogen-bond donors (Lipinski definition) is 2. The molecule has 0 aromatic heterocycles. The molecule has 1 saturated heterocycles. The molecule has 26 heavy (non-hydrogen) atoms. The molecule has 2 aliphatic rings. The molecule has 4 rings (SSSR count). The van der Waals surface area contributed by atoms with Crippen molar-refractivity contribution in [3.63, 3.8) is 0 Å². The molecule has 0 radical (unpaired) electrons. The van der Waals surface area contributed by atoms with Crippen molar-refractivity contribution in [3.8, 4) is 0 Å². The van der Waals surface area contributed by atoms with Gasteiger partial charge < -0.3 is 15.5 Å². The van der Waals surface area contributed by atoms with Gasteiger partial charge in [-0.15, -0.1) is 0 Å². The summed E-state index contributed by atoms with van der Waals surface area (Å²) in [7, 11) is 0. The molecule has 2 amide bonds. The van der Waals surface area contributed by atoms with Crippen LogP contribution >= 0.6 is 11.6 Å². The van der Waals surface area contributed by atoms with E-state index in [9.17, 15) is 9.59 Å². The number of aryl methyl sites for hydroxylation is 1. The number of halogens is 1. The summed E-state index contributed by atoms with van der Waals surface area (Å²) in [4.78, 5) is 27.2. The van der Waals surface area contributed by atoms with Crippen LogP contribution in [0.4, 0.5) is 5.69 Å². The van der Waals surface area contributed by atoms with Crippen molar-refractivity contribution in [2.75, 3.05) is 18.4 Å². The van der Waals surface area contributed by atoms with Crippen LogP contribution in [0.2, 0.25) is 5.02 Å². The van der Waals surface area contributed by atoms with Gasteiger partial charge in [0, 0.05) is 42.2 Å². The normalized spacial score (nSPS) is 18.1. The lowest BCUT2D eigenvalue weighted by Crippen LogP contribution is -2.62. The van der Waals surface area contributed by atoms with Crippen LogP contribution in [0.3, 0.4) is 0 Å². The van der Waals surface area contributed by atoms with Crippen molar-refractivity contribution in [2.24, 2.45) is 0 Å². The molecule has 2 aliphatic heterocycles. The monoisotopic (exact) mass is 369 g/mol. The van der Waals surface area contributed by atoms with E-state index < -0.39 is 5.66 Å². The van der Waals surface area contributed by atoms with Gasteiger partial charge in [-0.3, -0.25) is 9.59 Å². The molecule has 2 heterocycles. The van der Waals surface area contributed by atoms with Crippen molar-refractivity contribution < 1.29 is 9.59 Å². The van der Waals surface area contributed by atoms with Crippen molar-refractivity contribution in [3.05, 3.63) is 64.2 Å². The summed E-state index contributed by atoms with van der Waals surface area (Å²) in [5, 5.41) is 7.07. The van der Waals surface area contributed by atoms with E-state index in [2.05, 4.69) is 10.6 Å². The highest BCUT2D eigenvalue weighted by atomic mass is 35.5. The first-order valence-corrected chi connectivity index (χ1v) is 9.10. The topological polar surface area (TPSA) is 61.4 Å². The highest BCUT2D eigenvalue weighted by molar-refractivity contribution is 6.31. The molecule has 0 saturated carbocycles. The maximum Gasteiger partial charge on any atom is 0.255 e. The second-order valence-corrected chi connectivity index (χ2v) is 7.39. The van der Waals surface area contributed by atoms with Gasteiger partial charge in [0.25, 0.3) is 11.8 Å². The second kappa shape index (κ2) is 6.32. The summed E-state index contributed by atoms with van der Waals surface area (Å²) in [5.74, 6) is -0.0767. The highest BCUT2D eigenvalue weighted by Crippen LogP contribution is 2.33. The van der Waals surface area contributed by atoms with Gasteiger partial charge in [0.2, 0.25) is 0 Å². The smallest absolute Gasteiger partial charge is 0.255 e. The van der Waals surface area contributed by atoms with Gasteiger partial charge in [-0.1, -0.05) is 29.8 Å². The maximum absolute atomic E-state index is 12.8. The van der Waals surface area contributed by atoms with Crippen LogP contribution in [-0.4, -0.2) is 35.5 Å². The van der Waals surface area contributed by atoms with Gasteiger partial charge in [-0.25, -0.2) is 0 Å². The van der Waals surface area contributed by atoms with Crippen LogP contribution in [0.25, 0.3) is 0 Å². The Morgan fingerprint density at radius 3 is 2.58 bits per heavy atom. The molecule has 0 aliphatic carbocycles. The maximum atomic E-state index is 12.8. The lowest BCUT2D eigenvalue weighted by atomic mass is 9.92. The largest absolute Gasteiger partial charge is 0.362 e. The lowest BCUT2D eigenvalue weighted by molar-refractivity contribution is 0.0639. The fourth-order valence-electron chi connectivity index (χ4n) is 3.71. The highest BCUT2D eigenvalue weighted by Gasteiger charge is 2.41. The van der Waals surface area contributed by atoms with Gasteiger partial charge in [0.05, 0.1) is 5.56 Å². The molecule has 1 spiro atoms. The lowest BCUT2D eigenvalue weighted by Gasteiger charge is -2.46. The molecule has 0 unspecified atom stereocenters. The summed E-state index contributed by atoms with van der Waals surface area (Å²) in [6, 6.07) is 12.9. The molecule has 1 fully saturated rings. The molecular weight excluding hydrogens is 350 g/mol. The molecule has 5 nitrogen and oxygen atoms in total. The summed E-state index contributed by atoms with van der Waals surface area (Å²) < 4.78 is 0. The minimum Gasteiger partial charge on any atom is -0.362 e. The Balaban J connectivity index is 1.50. The first kappa shape index (κ1) is 16.9. The zero-order valence-electron chi connectivity index (χ0n) is 14.5. The van der Waals surface area contributed by atoms with Gasteiger partial charge in [-0.2, -0.15) is 0 Å².